The maximum Gasteiger partial charge on any atom is 0.231 e. The first-order valence-electron chi connectivity index (χ1n) is 6.35. The lowest BCUT2D eigenvalue weighted by molar-refractivity contribution is 0.174. The van der Waals surface area contributed by atoms with Gasteiger partial charge in [-0.3, -0.25) is 0 Å². The van der Waals surface area contributed by atoms with Gasteiger partial charge in [-0.15, -0.1) is 0 Å². The predicted molar refractivity (Wildman–Crippen MR) is 91.5 cm³/mol. The number of anilines is 1. The van der Waals surface area contributed by atoms with Crippen molar-refractivity contribution in [1.29, 1.82) is 0 Å². The summed E-state index contributed by atoms with van der Waals surface area (Å²) in [6, 6.07) is 9.83. The van der Waals surface area contributed by atoms with Crippen molar-refractivity contribution in [3.8, 4) is 11.5 Å². The Morgan fingerprint density at radius 2 is 1.86 bits per heavy atom. The first-order chi connectivity index (χ1) is 10.0. The molecule has 1 atom stereocenters. The summed E-state index contributed by atoms with van der Waals surface area (Å²) in [5, 5.41) is 4.01. The van der Waals surface area contributed by atoms with Gasteiger partial charge in [0.05, 0.1) is 10.7 Å². The summed E-state index contributed by atoms with van der Waals surface area (Å²) in [6.07, 6.45) is 0. The molecule has 0 saturated carbocycles. The van der Waals surface area contributed by atoms with E-state index >= 15 is 0 Å². The van der Waals surface area contributed by atoms with Crippen LogP contribution in [0.3, 0.4) is 0 Å². The number of benzene rings is 2. The first kappa shape index (κ1) is 15.0. The molecule has 3 rings (SSSR count). The SMILES string of the molecule is CC(Nc1cc2c(cc1Cl)OCO2)c1ccc(Br)cc1Br. The highest BCUT2D eigenvalue weighted by atomic mass is 79.9. The second-order valence-electron chi connectivity index (χ2n) is 4.72. The summed E-state index contributed by atoms with van der Waals surface area (Å²) in [5.41, 5.74) is 1.97. The third kappa shape index (κ3) is 3.15. The quantitative estimate of drug-likeness (QED) is 0.667. The monoisotopic (exact) mass is 431 g/mol. The standard InChI is InChI=1S/C15H12Br2ClNO2/c1-8(10-3-2-9(16)4-11(10)17)19-13-6-15-14(5-12(13)18)20-7-21-15/h2-6,8,19H,7H2,1H3. The summed E-state index contributed by atoms with van der Waals surface area (Å²) < 4.78 is 12.8. The minimum absolute atomic E-state index is 0.0883. The van der Waals surface area contributed by atoms with Gasteiger partial charge in [0.15, 0.2) is 11.5 Å². The Morgan fingerprint density at radius 1 is 1.14 bits per heavy atom. The number of halogens is 3. The number of fused-ring (bicyclic) bond motifs is 1. The summed E-state index contributed by atoms with van der Waals surface area (Å²) in [7, 11) is 0. The maximum absolute atomic E-state index is 6.29. The fourth-order valence-electron chi connectivity index (χ4n) is 2.19. The zero-order valence-corrected chi connectivity index (χ0v) is 15.0. The van der Waals surface area contributed by atoms with Gasteiger partial charge in [-0.25, -0.2) is 0 Å². The fraction of sp³-hybridized carbons (Fsp3) is 0.200. The summed E-state index contributed by atoms with van der Waals surface area (Å²) in [6.45, 7) is 2.32. The van der Waals surface area contributed by atoms with Gasteiger partial charge in [0.1, 0.15) is 0 Å². The maximum atomic E-state index is 6.29. The van der Waals surface area contributed by atoms with Crippen LogP contribution in [0.5, 0.6) is 11.5 Å². The van der Waals surface area contributed by atoms with E-state index in [1.54, 1.807) is 6.07 Å². The molecule has 1 N–H and O–H groups in total. The van der Waals surface area contributed by atoms with Crippen molar-refractivity contribution in [1.82, 2.24) is 0 Å². The van der Waals surface area contributed by atoms with Gasteiger partial charge in [0.25, 0.3) is 0 Å². The van der Waals surface area contributed by atoms with E-state index in [9.17, 15) is 0 Å². The van der Waals surface area contributed by atoms with E-state index in [2.05, 4.69) is 50.2 Å². The highest BCUT2D eigenvalue weighted by molar-refractivity contribution is 9.11. The second kappa shape index (κ2) is 6.07. The predicted octanol–water partition coefficient (Wildman–Crippen LogP) is 5.77. The van der Waals surface area contributed by atoms with Gasteiger partial charge in [-0.1, -0.05) is 49.5 Å². The van der Waals surface area contributed by atoms with Crippen molar-refractivity contribution in [3.05, 3.63) is 49.9 Å². The number of hydrogen-bond acceptors (Lipinski definition) is 3. The van der Waals surface area contributed by atoms with Crippen LogP contribution < -0.4 is 14.8 Å². The molecule has 0 bridgehead atoms. The van der Waals surface area contributed by atoms with Gasteiger partial charge >= 0.3 is 0 Å². The molecule has 1 unspecified atom stereocenters. The molecule has 0 aromatic heterocycles. The van der Waals surface area contributed by atoms with Crippen LogP contribution in [-0.2, 0) is 0 Å². The normalized spacial score (nSPS) is 14.1. The first-order valence-corrected chi connectivity index (χ1v) is 8.31. The molecule has 1 heterocycles. The molecule has 1 aliphatic heterocycles. The third-order valence-corrected chi connectivity index (χ3v) is 4.76. The molecule has 0 fully saturated rings. The number of ether oxygens (including phenoxy) is 2. The Hall–Kier alpha value is -0.910. The highest BCUT2D eigenvalue weighted by Crippen LogP contribution is 2.40. The van der Waals surface area contributed by atoms with Crippen LogP contribution in [0.25, 0.3) is 0 Å². The lowest BCUT2D eigenvalue weighted by Crippen LogP contribution is -2.07. The van der Waals surface area contributed by atoms with Crippen molar-refractivity contribution >= 4 is 49.1 Å². The van der Waals surface area contributed by atoms with Crippen LogP contribution >= 0.6 is 43.5 Å². The largest absolute Gasteiger partial charge is 0.454 e. The average molecular weight is 434 g/mol. The Bertz CT molecular complexity index is 694. The van der Waals surface area contributed by atoms with Crippen molar-refractivity contribution in [2.75, 3.05) is 12.1 Å². The van der Waals surface area contributed by atoms with E-state index in [0.717, 1.165) is 20.2 Å². The topological polar surface area (TPSA) is 30.5 Å². The van der Waals surface area contributed by atoms with E-state index in [4.69, 9.17) is 21.1 Å². The molecule has 110 valence electrons. The molecule has 1 aliphatic rings. The Balaban J connectivity index is 1.86. The molecule has 0 spiro atoms. The van der Waals surface area contributed by atoms with Gasteiger partial charge in [0.2, 0.25) is 6.79 Å². The fourth-order valence-corrected chi connectivity index (χ4v) is 3.79. The van der Waals surface area contributed by atoms with Crippen molar-refractivity contribution in [2.45, 2.75) is 13.0 Å². The molecule has 3 nitrogen and oxygen atoms in total. The van der Waals surface area contributed by atoms with Gasteiger partial charge < -0.3 is 14.8 Å². The number of nitrogens with one attached hydrogen (secondary N) is 1. The van der Waals surface area contributed by atoms with Gasteiger partial charge in [-0.2, -0.15) is 0 Å². The minimum Gasteiger partial charge on any atom is -0.454 e. The smallest absolute Gasteiger partial charge is 0.231 e. The van der Waals surface area contributed by atoms with Gasteiger partial charge in [-0.05, 0) is 24.6 Å². The van der Waals surface area contributed by atoms with E-state index in [0.29, 0.717) is 16.5 Å². The minimum atomic E-state index is 0.0883. The van der Waals surface area contributed by atoms with Crippen molar-refractivity contribution in [2.24, 2.45) is 0 Å². The Morgan fingerprint density at radius 3 is 2.57 bits per heavy atom. The zero-order valence-electron chi connectivity index (χ0n) is 11.1. The highest BCUT2D eigenvalue weighted by Gasteiger charge is 2.18. The van der Waals surface area contributed by atoms with E-state index < -0.39 is 0 Å². The molecule has 0 aliphatic carbocycles. The molecular formula is C15H12Br2ClNO2. The molecule has 0 saturated heterocycles. The second-order valence-corrected chi connectivity index (χ2v) is 6.89. The van der Waals surface area contributed by atoms with Crippen LogP contribution in [0.1, 0.15) is 18.5 Å². The Kier molecular flexibility index (Phi) is 4.33. The molecule has 21 heavy (non-hydrogen) atoms. The molecular weight excluding hydrogens is 421 g/mol. The Labute approximate surface area is 144 Å². The van der Waals surface area contributed by atoms with Crippen LogP contribution in [0, 0.1) is 0 Å². The third-order valence-electron chi connectivity index (χ3n) is 3.26. The molecule has 0 radical (unpaired) electrons. The van der Waals surface area contributed by atoms with Gasteiger partial charge in [0, 0.05) is 27.1 Å². The van der Waals surface area contributed by atoms with E-state index in [-0.39, 0.29) is 12.8 Å². The average Bonchev–Trinajstić information content (AvgIpc) is 2.86. The molecule has 2 aromatic carbocycles. The van der Waals surface area contributed by atoms with E-state index in [1.807, 2.05) is 18.2 Å². The van der Waals surface area contributed by atoms with Crippen LogP contribution in [-0.4, -0.2) is 6.79 Å². The van der Waals surface area contributed by atoms with Crippen LogP contribution in [0.2, 0.25) is 5.02 Å². The molecule has 6 heteroatoms. The van der Waals surface area contributed by atoms with Crippen molar-refractivity contribution < 1.29 is 9.47 Å². The summed E-state index contributed by atoms with van der Waals surface area (Å²) in [4.78, 5) is 0. The van der Waals surface area contributed by atoms with Crippen LogP contribution in [0.4, 0.5) is 5.69 Å². The molecule has 2 aromatic rings. The zero-order chi connectivity index (χ0) is 15.0. The number of rotatable bonds is 3. The lowest BCUT2D eigenvalue weighted by Gasteiger charge is -2.18. The van der Waals surface area contributed by atoms with Crippen LogP contribution in [0.15, 0.2) is 39.3 Å². The molecule has 0 amide bonds. The van der Waals surface area contributed by atoms with E-state index in [1.165, 1.54) is 0 Å². The summed E-state index contributed by atoms with van der Waals surface area (Å²) in [5.74, 6) is 1.40. The number of hydrogen-bond donors (Lipinski definition) is 1. The van der Waals surface area contributed by atoms with Crippen molar-refractivity contribution in [3.63, 3.8) is 0 Å². The summed E-state index contributed by atoms with van der Waals surface area (Å²) >= 11 is 13.3. The lowest BCUT2D eigenvalue weighted by atomic mass is 10.1.